The van der Waals surface area contributed by atoms with Crippen LogP contribution in [-0.2, 0) is 0 Å². The number of aromatic nitrogens is 1. The van der Waals surface area contributed by atoms with Gasteiger partial charge in [0.2, 0.25) is 11.6 Å². The molecule has 0 spiro atoms. The smallest absolute Gasteiger partial charge is 0.282 e. The molecule has 0 radical (unpaired) electrons. The molecular weight excluding hydrogens is 485 g/mol. The lowest BCUT2D eigenvalue weighted by Crippen LogP contribution is -2.12. The number of rotatable bonds is 5. The number of ether oxygens (including phenoxy) is 2. The molecule has 0 saturated carbocycles. The number of thiazole rings is 1. The predicted octanol–water partition coefficient (Wildman–Crippen LogP) is 5.39. The molecule has 0 unspecified atom stereocenters. The van der Waals surface area contributed by atoms with Crippen molar-refractivity contribution >= 4 is 28.9 Å². The van der Waals surface area contributed by atoms with Crippen molar-refractivity contribution in [2.75, 3.05) is 6.79 Å². The first-order chi connectivity index (χ1) is 16.9. The first-order valence-corrected chi connectivity index (χ1v) is 10.9. The molecule has 2 heterocycles. The fourth-order valence-corrected chi connectivity index (χ4v) is 4.16. The van der Waals surface area contributed by atoms with Crippen molar-refractivity contribution in [3.63, 3.8) is 0 Å². The van der Waals surface area contributed by atoms with Gasteiger partial charge in [-0.1, -0.05) is 0 Å². The number of fused-ring (bicyclic) bond motifs is 1. The molecule has 0 bridgehead atoms. The molecule has 1 aromatic heterocycles. The van der Waals surface area contributed by atoms with Crippen LogP contribution in [0.15, 0.2) is 70.1 Å². The quantitative estimate of drug-likeness (QED) is 0.210. The highest BCUT2D eigenvalue weighted by Gasteiger charge is 2.22. The van der Waals surface area contributed by atoms with E-state index in [-0.39, 0.29) is 34.3 Å². The Morgan fingerprint density at radius 1 is 1.00 bits per heavy atom. The van der Waals surface area contributed by atoms with Gasteiger partial charge in [-0.25, -0.2) is 22.8 Å². The van der Waals surface area contributed by atoms with E-state index in [1.54, 1.807) is 5.38 Å². The van der Waals surface area contributed by atoms with Crippen molar-refractivity contribution < 1.29 is 27.6 Å². The SMILES string of the molecule is O=[N+]([O-])c1cc2c(cc1C=Nn1c(-c3ccc(F)cc3)csc1=Nc1ccc(F)cc1F)OCO2. The average Bonchev–Trinajstić information content (AvgIpc) is 3.45. The Morgan fingerprint density at radius 2 is 1.71 bits per heavy atom. The number of benzene rings is 3. The summed E-state index contributed by atoms with van der Waals surface area (Å²) in [5.41, 5.74) is 0.774. The molecule has 0 aliphatic carbocycles. The van der Waals surface area contributed by atoms with E-state index in [0.29, 0.717) is 23.1 Å². The first kappa shape index (κ1) is 22.3. The minimum absolute atomic E-state index is 0.0622. The predicted molar refractivity (Wildman–Crippen MR) is 121 cm³/mol. The van der Waals surface area contributed by atoms with Gasteiger partial charge in [-0.15, -0.1) is 11.3 Å². The van der Waals surface area contributed by atoms with E-state index in [1.807, 2.05) is 0 Å². The number of hydrogen-bond acceptors (Lipinski definition) is 7. The maximum absolute atomic E-state index is 14.2. The number of halogens is 3. The molecule has 12 heteroatoms. The Labute approximate surface area is 199 Å². The van der Waals surface area contributed by atoms with Gasteiger partial charge in [0.05, 0.1) is 28.5 Å². The molecule has 1 aliphatic rings. The van der Waals surface area contributed by atoms with Crippen LogP contribution in [0.25, 0.3) is 11.3 Å². The topological polar surface area (TPSA) is 91.2 Å². The van der Waals surface area contributed by atoms with Gasteiger partial charge in [-0.05, 0) is 42.5 Å². The fourth-order valence-electron chi connectivity index (χ4n) is 3.31. The third-order valence-electron chi connectivity index (χ3n) is 4.98. The van der Waals surface area contributed by atoms with Crippen LogP contribution >= 0.6 is 11.3 Å². The van der Waals surface area contributed by atoms with Crippen LogP contribution in [0.4, 0.5) is 24.5 Å². The third kappa shape index (κ3) is 4.51. The highest BCUT2D eigenvalue weighted by atomic mass is 32.1. The summed E-state index contributed by atoms with van der Waals surface area (Å²) >= 11 is 1.10. The highest BCUT2D eigenvalue weighted by molar-refractivity contribution is 7.07. The van der Waals surface area contributed by atoms with Crippen LogP contribution in [0.5, 0.6) is 11.5 Å². The zero-order valence-electron chi connectivity index (χ0n) is 17.5. The second-order valence-corrected chi connectivity index (χ2v) is 8.03. The Morgan fingerprint density at radius 3 is 2.43 bits per heavy atom. The summed E-state index contributed by atoms with van der Waals surface area (Å²) in [4.78, 5) is 15.4. The molecule has 5 rings (SSSR count). The van der Waals surface area contributed by atoms with Crippen LogP contribution in [0.3, 0.4) is 0 Å². The van der Waals surface area contributed by atoms with Crippen molar-refractivity contribution in [1.82, 2.24) is 4.68 Å². The van der Waals surface area contributed by atoms with Crippen LogP contribution in [0.2, 0.25) is 0 Å². The molecule has 0 N–H and O–H groups in total. The van der Waals surface area contributed by atoms with Gasteiger partial charge in [0, 0.05) is 17.0 Å². The van der Waals surface area contributed by atoms with Crippen molar-refractivity contribution in [3.8, 4) is 22.8 Å². The van der Waals surface area contributed by atoms with Gasteiger partial charge in [0.25, 0.3) is 5.69 Å². The zero-order chi connectivity index (χ0) is 24.5. The Kier molecular flexibility index (Phi) is 5.79. The minimum Gasteiger partial charge on any atom is -0.454 e. The Balaban J connectivity index is 1.66. The van der Waals surface area contributed by atoms with Crippen LogP contribution in [0, 0.1) is 27.6 Å². The first-order valence-electron chi connectivity index (χ1n) is 9.98. The molecule has 0 saturated heterocycles. The van der Waals surface area contributed by atoms with Gasteiger partial charge in [0.15, 0.2) is 17.3 Å². The maximum Gasteiger partial charge on any atom is 0.282 e. The lowest BCUT2D eigenvalue weighted by atomic mass is 10.1. The summed E-state index contributed by atoms with van der Waals surface area (Å²) in [6.45, 7) is -0.0622. The Hall–Kier alpha value is -4.45. The minimum atomic E-state index is -0.872. The van der Waals surface area contributed by atoms with E-state index < -0.39 is 22.4 Å². The summed E-state index contributed by atoms with van der Waals surface area (Å²) in [5, 5.41) is 17.6. The molecule has 176 valence electrons. The molecule has 0 atom stereocenters. The number of nitrogens with zero attached hydrogens (tertiary/aromatic N) is 4. The van der Waals surface area contributed by atoms with Gasteiger partial charge in [-0.2, -0.15) is 5.10 Å². The summed E-state index contributed by atoms with van der Waals surface area (Å²) in [6.07, 6.45) is 1.24. The summed E-state index contributed by atoms with van der Waals surface area (Å²) in [7, 11) is 0. The van der Waals surface area contributed by atoms with E-state index in [2.05, 4.69) is 10.1 Å². The molecular formula is C23H13F3N4O4S. The monoisotopic (exact) mass is 498 g/mol. The summed E-state index contributed by atoms with van der Waals surface area (Å²) in [6, 6.07) is 11.2. The second-order valence-electron chi connectivity index (χ2n) is 7.20. The maximum atomic E-state index is 14.2. The number of nitro groups is 1. The molecule has 0 amide bonds. The van der Waals surface area contributed by atoms with Gasteiger partial charge in [-0.3, -0.25) is 10.1 Å². The van der Waals surface area contributed by atoms with Crippen molar-refractivity contribution in [2.45, 2.75) is 0 Å². The van der Waals surface area contributed by atoms with Gasteiger partial charge in [0.1, 0.15) is 17.3 Å². The highest BCUT2D eigenvalue weighted by Crippen LogP contribution is 2.37. The fraction of sp³-hybridized carbons (Fsp3) is 0.0435. The zero-order valence-corrected chi connectivity index (χ0v) is 18.3. The normalized spacial score (nSPS) is 13.1. The third-order valence-corrected chi connectivity index (χ3v) is 5.80. The lowest BCUT2D eigenvalue weighted by molar-refractivity contribution is -0.385. The van der Waals surface area contributed by atoms with Gasteiger partial charge >= 0.3 is 0 Å². The Bertz CT molecular complexity index is 1550. The second kappa shape index (κ2) is 9.06. The number of hydrogen-bond donors (Lipinski definition) is 0. The lowest BCUT2D eigenvalue weighted by Gasteiger charge is -2.05. The van der Waals surface area contributed by atoms with E-state index in [9.17, 15) is 23.3 Å². The van der Waals surface area contributed by atoms with Crippen LogP contribution in [-0.4, -0.2) is 22.6 Å². The van der Waals surface area contributed by atoms with Crippen molar-refractivity contribution in [3.05, 3.63) is 97.9 Å². The largest absolute Gasteiger partial charge is 0.454 e. The van der Waals surface area contributed by atoms with Gasteiger partial charge < -0.3 is 9.47 Å². The van der Waals surface area contributed by atoms with E-state index in [4.69, 9.17) is 9.47 Å². The van der Waals surface area contributed by atoms with Crippen LogP contribution in [0.1, 0.15) is 5.56 Å². The molecule has 35 heavy (non-hydrogen) atoms. The molecule has 8 nitrogen and oxygen atoms in total. The molecule has 4 aromatic rings. The summed E-state index contributed by atoms with van der Waals surface area (Å²) in [5.74, 6) is -1.49. The van der Waals surface area contributed by atoms with Crippen molar-refractivity contribution in [2.24, 2.45) is 10.1 Å². The molecule has 1 aliphatic heterocycles. The van der Waals surface area contributed by atoms with Crippen molar-refractivity contribution in [1.29, 1.82) is 0 Å². The van der Waals surface area contributed by atoms with E-state index >= 15 is 0 Å². The molecule has 0 fully saturated rings. The summed E-state index contributed by atoms with van der Waals surface area (Å²) < 4.78 is 52.9. The number of nitro benzene ring substituents is 1. The van der Waals surface area contributed by atoms with Crippen LogP contribution < -0.4 is 14.3 Å². The van der Waals surface area contributed by atoms with E-state index in [1.165, 1.54) is 53.4 Å². The standard InChI is InChI=1S/C23H13F3N4O4S/c24-15-3-1-13(2-4-15)20-11-35-23(28-18-6-5-16(25)8-17(18)26)29(20)27-10-14-7-21-22(34-12-33-21)9-19(14)30(31)32/h1-11H,12H2. The average molecular weight is 498 g/mol. The molecule has 3 aromatic carbocycles. The van der Waals surface area contributed by atoms with E-state index in [0.717, 1.165) is 17.4 Å².